The predicted octanol–water partition coefficient (Wildman–Crippen LogP) is 4.38. The van der Waals surface area contributed by atoms with Gasteiger partial charge < -0.3 is 5.32 Å². The van der Waals surface area contributed by atoms with Gasteiger partial charge in [0.25, 0.3) is 5.91 Å². The number of anilines is 1. The van der Waals surface area contributed by atoms with Gasteiger partial charge in [0.1, 0.15) is 11.6 Å². The van der Waals surface area contributed by atoms with Crippen molar-refractivity contribution in [2.75, 3.05) is 5.32 Å². The molecule has 0 spiro atoms. The fourth-order valence-corrected chi connectivity index (χ4v) is 2.38. The minimum atomic E-state index is -0.494. The number of aryl methyl sites for hydroxylation is 2. The summed E-state index contributed by atoms with van der Waals surface area (Å²) in [5.74, 6) is -1.33. The van der Waals surface area contributed by atoms with Gasteiger partial charge in [0.05, 0.1) is 22.5 Å². The summed E-state index contributed by atoms with van der Waals surface area (Å²) < 4.78 is 27.1. The van der Waals surface area contributed by atoms with Crippen LogP contribution in [0.4, 0.5) is 14.5 Å². The second-order valence-electron chi connectivity index (χ2n) is 5.40. The van der Waals surface area contributed by atoms with Crippen molar-refractivity contribution < 1.29 is 13.6 Å². The summed E-state index contributed by atoms with van der Waals surface area (Å²) in [4.78, 5) is 16.6. The highest BCUT2D eigenvalue weighted by molar-refractivity contribution is 6.06. The summed E-state index contributed by atoms with van der Waals surface area (Å²) in [5, 5.41) is 3.19. The minimum absolute atomic E-state index is 0.110. The van der Waals surface area contributed by atoms with Crippen LogP contribution in [0, 0.1) is 25.5 Å². The van der Waals surface area contributed by atoms with Gasteiger partial charge >= 0.3 is 0 Å². The number of halogens is 2. The molecule has 3 rings (SSSR count). The lowest BCUT2D eigenvalue weighted by atomic mass is 10.1. The summed E-state index contributed by atoms with van der Waals surface area (Å²) in [6, 6.07) is 10.4. The zero-order chi connectivity index (χ0) is 16.6. The van der Waals surface area contributed by atoms with Crippen LogP contribution in [0.25, 0.3) is 10.9 Å². The number of nitrogens with zero attached hydrogens (tertiary/aromatic N) is 1. The molecule has 1 N–H and O–H groups in total. The molecular weight excluding hydrogens is 298 g/mol. The Labute approximate surface area is 132 Å². The van der Waals surface area contributed by atoms with Crippen LogP contribution >= 0.6 is 0 Å². The second kappa shape index (κ2) is 5.76. The molecule has 0 fully saturated rings. The monoisotopic (exact) mass is 312 g/mol. The molecule has 5 heteroatoms. The van der Waals surface area contributed by atoms with Crippen molar-refractivity contribution in [3.8, 4) is 0 Å². The van der Waals surface area contributed by atoms with E-state index in [4.69, 9.17) is 0 Å². The average Bonchev–Trinajstić information content (AvgIpc) is 2.49. The van der Waals surface area contributed by atoms with Crippen LogP contribution in [0.5, 0.6) is 0 Å². The van der Waals surface area contributed by atoms with Crippen molar-refractivity contribution >= 4 is 22.5 Å². The first-order chi connectivity index (χ1) is 10.9. The van der Waals surface area contributed by atoms with Gasteiger partial charge in [0.15, 0.2) is 0 Å². The fraction of sp³-hybridized carbons (Fsp3) is 0.111. The number of hydrogen-bond donors (Lipinski definition) is 1. The zero-order valence-electron chi connectivity index (χ0n) is 12.7. The van der Waals surface area contributed by atoms with Crippen LogP contribution in [-0.4, -0.2) is 10.9 Å². The van der Waals surface area contributed by atoms with Gasteiger partial charge in [0, 0.05) is 11.5 Å². The number of hydrogen-bond acceptors (Lipinski definition) is 2. The maximum Gasteiger partial charge on any atom is 0.257 e. The van der Waals surface area contributed by atoms with Crippen LogP contribution in [0.15, 0.2) is 42.5 Å². The number of nitrogens with one attached hydrogen (secondary N) is 1. The smallest absolute Gasteiger partial charge is 0.257 e. The van der Waals surface area contributed by atoms with E-state index in [0.717, 1.165) is 5.56 Å². The third kappa shape index (κ3) is 3.04. The Kier molecular flexibility index (Phi) is 3.78. The standard InChI is InChI=1S/C18H14F2N2O/c1-10-3-6-16(15(20)7-10)22-18(23)14-8-12-4-5-13(19)9-17(12)21-11(14)2/h3-9H,1-2H3,(H,22,23). The molecule has 23 heavy (non-hydrogen) atoms. The molecule has 0 aliphatic carbocycles. The molecule has 0 atom stereocenters. The molecule has 1 amide bonds. The van der Waals surface area contributed by atoms with Crippen LogP contribution in [0.1, 0.15) is 21.6 Å². The Balaban J connectivity index is 1.97. The highest BCUT2D eigenvalue weighted by atomic mass is 19.1. The van der Waals surface area contributed by atoms with Crippen molar-refractivity contribution in [3.63, 3.8) is 0 Å². The summed E-state index contributed by atoms with van der Waals surface area (Å²) in [5.41, 5.74) is 2.13. The molecule has 116 valence electrons. The maximum absolute atomic E-state index is 13.9. The van der Waals surface area contributed by atoms with Gasteiger partial charge in [-0.2, -0.15) is 0 Å². The lowest BCUT2D eigenvalue weighted by Crippen LogP contribution is -2.15. The Morgan fingerprint density at radius 3 is 2.57 bits per heavy atom. The lowest BCUT2D eigenvalue weighted by molar-refractivity contribution is 0.102. The van der Waals surface area contributed by atoms with E-state index in [2.05, 4.69) is 10.3 Å². The van der Waals surface area contributed by atoms with Crippen molar-refractivity contribution in [3.05, 3.63) is 70.9 Å². The molecule has 0 radical (unpaired) electrons. The molecule has 0 aliphatic rings. The first-order valence-corrected chi connectivity index (χ1v) is 7.08. The zero-order valence-corrected chi connectivity index (χ0v) is 12.7. The SMILES string of the molecule is Cc1ccc(NC(=O)c2cc3ccc(F)cc3nc2C)c(F)c1. The molecule has 0 saturated heterocycles. The summed E-state index contributed by atoms with van der Waals surface area (Å²) >= 11 is 0. The topological polar surface area (TPSA) is 42.0 Å². The molecular formula is C18H14F2N2O. The molecule has 1 aromatic heterocycles. The minimum Gasteiger partial charge on any atom is -0.319 e. The molecule has 3 aromatic rings. The van der Waals surface area contributed by atoms with Crippen molar-refractivity contribution in [2.24, 2.45) is 0 Å². The number of fused-ring (bicyclic) bond motifs is 1. The Hall–Kier alpha value is -2.82. The predicted molar refractivity (Wildman–Crippen MR) is 85.5 cm³/mol. The second-order valence-corrected chi connectivity index (χ2v) is 5.40. The van der Waals surface area contributed by atoms with Gasteiger partial charge in [-0.05, 0) is 49.7 Å². The van der Waals surface area contributed by atoms with E-state index >= 15 is 0 Å². The fourth-order valence-electron chi connectivity index (χ4n) is 2.38. The Morgan fingerprint density at radius 2 is 1.83 bits per heavy atom. The quantitative estimate of drug-likeness (QED) is 0.763. The van der Waals surface area contributed by atoms with E-state index in [1.807, 2.05) is 0 Å². The maximum atomic E-state index is 13.9. The number of amides is 1. The third-order valence-electron chi connectivity index (χ3n) is 3.59. The average molecular weight is 312 g/mol. The Bertz CT molecular complexity index is 922. The number of benzene rings is 2. The van der Waals surface area contributed by atoms with E-state index in [1.165, 1.54) is 24.3 Å². The number of pyridine rings is 1. The highest BCUT2D eigenvalue weighted by Crippen LogP contribution is 2.20. The van der Waals surface area contributed by atoms with Gasteiger partial charge in [-0.25, -0.2) is 8.78 Å². The highest BCUT2D eigenvalue weighted by Gasteiger charge is 2.14. The van der Waals surface area contributed by atoms with E-state index in [1.54, 1.807) is 32.0 Å². The van der Waals surface area contributed by atoms with Crippen LogP contribution in [-0.2, 0) is 0 Å². The molecule has 0 saturated carbocycles. The summed E-state index contributed by atoms with van der Waals surface area (Å²) in [7, 11) is 0. The third-order valence-corrected chi connectivity index (χ3v) is 3.59. The van der Waals surface area contributed by atoms with Gasteiger partial charge in [-0.3, -0.25) is 9.78 Å². The van der Waals surface area contributed by atoms with Gasteiger partial charge in [0.2, 0.25) is 0 Å². The van der Waals surface area contributed by atoms with Gasteiger partial charge in [-0.15, -0.1) is 0 Å². The summed E-state index contributed by atoms with van der Waals surface area (Å²) in [6.07, 6.45) is 0. The first kappa shape index (κ1) is 15.1. The van der Waals surface area contributed by atoms with Crippen molar-refractivity contribution in [1.82, 2.24) is 4.98 Å². The van der Waals surface area contributed by atoms with E-state index in [9.17, 15) is 13.6 Å². The van der Waals surface area contributed by atoms with Crippen LogP contribution in [0.2, 0.25) is 0 Å². The van der Waals surface area contributed by atoms with Crippen molar-refractivity contribution in [2.45, 2.75) is 13.8 Å². The Morgan fingerprint density at radius 1 is 1.04 bits per heavy atom. The number of carbonyl (C=O) groups is 1. The lowest BCUT2D eigenvalue weighted by Gasteiger charge is -2.10. The molecule has 0 bridgehead atoms. The first-order valence-electron chi connectivity index (χ1n) is 7.08. The number of aromatic nitrogens is 1. The van der Waals surface area contributed by atoms with Crippen LogP contribution < -0.4 is 5.32 Å². The largest absolute Gasteiger partial charge is 0.319 e. The molecule has 0 unspecified atom stereocenters. The molecule has 1 heterocycles. The van der Waals surface area contributed by atoms with Crippen LogP contribution in [0.3, 0.4) is 0 Å². The molecule has 2 aromatic carbocycles. The molecule has 0 aliphatic heterocycles. The normalized spacial score (nSPS) is 10.8. The van der Waals surface area contributed by atoms with E-state index in [0.29, 0.717) is 22.2 Å². The van der Waals surface area contributed by atoms with Crippen molar-refractivity contribution in [1.29, 1.82) is 0 Å². The summed E-state index contributed by atoms with van der Waals surface area (Å²) in [6.45, 7) is 3.43. The van der Waals surface area contributed by atoms with Gasteiger partial charge in [-0.1, -0.05) is 6.07 Å². The number of rotatable bonds is 2. The van der Waals surface area contributed by atoms with E-state index in [-0.39, 0.29) is 11.5 Å². The number of carbonyl (C=O) groups excluding carboxylic acids is 1. The molecule has 3 nitrogen and oxygen atoms in total. The van der Waals surface area contributed by atoms with E-state index < -0.39 is 11.7 Å².